The number of fused-ring (bicyclic) bond motifs is 2. The number of aliphatic imine (C=N–C) groups is 1. The summed E-state index contributed by atoms with van der Waals surface area (Å²) in [4.78, 5) is 82.6. The molecule has 46 heavy (non-hydrogen) atoms. The van der Waals surface area contributed by atoms with E-state index in [1.807, 2.05) is 38.1 Å². The van der Waals surface area contributed by atoms with Crippen molar-refractivity contribution in [2.45, 2.75) is 95.8 Å². The van der Waals surface area contributed by atoms with Crippen LogP contribution in [-0.4, -0.2) is 87.0 Å². The van der Waals surface area contributed by atoms with Gasteiger partial charge in [0, 0.05) is 24.5 Å². The average molecular weight is 686 g/mol. The molecule has 1 saturated heterocycles. The molecule has 1 fully saturated rings. The minimum absolute atomic E-state index is 0. The predicted octanol–water partition coefficient (Wildman–Crippen LogP) is -2.55. The molecule has 0 aliphatic carbocycles. The zero-order valence-corrected chi connectivity index (χ0v) is 31.2. The number of aromatic nitrogens is 1. The minimum Gasteiger partial charge on any atom is -0.861 e. The van der Waals surface area contributed by atoms with Crippen LogP contribution in [-0.2, 0) is 20.8 Å². The first kappa shape index (κ1) is 38.8. The van der Waals surface area contributed by atoms with Crippen LogP contribution in [0, 0.1) is 5.92 Å². The number of hydrogen-bond donors (Lipinski definition) is 4. The molecule has 3 amide bonds. The van der Waals surface area contributed by atoms with E-state index in [4.69, 9.17) is 4.84 Å². The molecule has 5 atom stereocenters. The van der Waals surface area contributed by atoms with Gasteiger partial charge in [0.25, 0.3) is 0 Å². The number of nitrogens with one attached hydrogen (secondary N) is 2. The SMILES string of the molecule is CC[C@H](C)[C@@H]1NC(=O)[C@H](Cc2cn(OC)c3ccccc23)N=C([O-])[C@H](CCCCC[P+]([O-])(O)O)NC(=O)[C@H]2CCCCN2C1=O.[K+]. The molecule has 0 bridgehead atoms. The van der Waals surface area contributed by atoms with Crippen molar-refractivity contribution in [1.82, 2.24) is 20.3 Å². The van der Waals surface area contributed by atoms with E-state index < -0.39 is 49.8 Å². The maximum atomic E-state index is 14.0. The van der Waals surface area contributed by atoms with Crippen LogP contribution in [0.1, 0.15) is 70.8 Å². The number of piperidine rings is 1. The van der Waals surface area contributed by atoms with Crippen molar-refractivity contribution in [3.05, 3.63) is 36.0 Å². The standard InChI is InChI=1S/C31H46N5O8P.K/c1-4-20(2)27-31(40)35-16-10-9-15-26(35)30(39)32-23(13-6-5-11-17-45(41,42)43)28(37)33-24(29(38)34-27)18-21-19-36(44-3)25-14-8-7-12-22(21)25;/h7-8,12,14,19-20,23-24,26-27H,4-6,9-11,13,15-18H2,1-3H3,(H,32,39)(H,33,37)(H,34,38)(H2,41,42,43);/q;+1/p-1/t20-,23-,24-,26+,27-;/m0./s1. The van der Waals surface area contributed by atoms with E-state index in [0.717, 1.165) is 29.3 Å². The van der Waals surface area contributed by atoms with E-state index in [1.165, 1.54) is 12.0 Å². The Morgan fingerprint density at radius 1 is 1.11 bits per heavy atom. The number of hydrogen-bond acceptors (Lipinski definition) is 9. The van der Waals surface area contributed by atoms with Crippen molar-refractivity contribution in [2.75, 3.05) is 19.8 Å². The van der Waals surface area contributed by atoms with Crippen molar-refractivity contribution >= 4 is 42.5 Å². The van der Waals surface area contributed by atoms with Gasteiger partial charge in [-0.25, -0.2) is 9.79 Å². The van der Waals surface area contributed by atoms with Crippen LogP contribution in [0.5, 0.6) is 0 Å². The zero-order valence-electron chi connectivity index (χ0n) is 27.2. The number of unbranched alkanes of at least 4 members (excludes halogenated alkanes) is 2. The molecular weight excluding hydrogens is 640 g/mol. The van der Waals surface area contributed by atoms with Gasteiger partial charge in [-0.1, -0.05) is 44.9 Å². The summed E-state index contributed by atoms with van der Waals surface area (Å²) in [5, 5.41) is 20.3. The molecule has 13 nitrogen and oxygen atoms in total. The molecule has 248 valence electrons. The molecule has 0 radical (unpaired) electrons. The summed E-state index contributed by atoms with van der Waals surface area (Å²) < 4.78 is 1.57. The summed E-state index contributed by atoms with van der Waals surface area (Å²) in [7, 11) is -2.62. The van der Waals surface area contributed by atoms with E-state index in [2.05, 4.69) is 15.6 Å². The van der Waals surface area contributed by atoms with Gasteiger partial charge in [-0.3, -0.25) is 19.4 Å². The molecular formula is C31H45KN5O8P. The van der Waals surface area contributed by atoms with Gasteiger partial charge in [-0.2, -0.15) is 4.73 Å². The third-order valence-electron chi connectivity index (χ3n) is 8.88. The third-order valence-corrected chi connectivity index (χ3v) is 9.78. The molecule has 0 saturated carbocycles. The topological polar surface area (TPSA) is 192 Å². The second-order valence-corrected chi connectivity index (χ2v) is 13.9. The van der Waals surface area contributed by atoms with Crippen LogP contribution < -0.4 is 76.9 Å². The summed E-state index contributed by atoms with van der Waals surface area (Å²) in [6, 6.07) is 3.55. The Bertz CT molecular complexity index is 1380. The molecule has 2 aromatic rings. The van der Waals surface area contributed by atoms with Crippen LogP contribution in [0.3, 0.4) is 0 Å². The molecule has 1 aromatic carbocycles. The number of amides is 3. The van der Waals surface area contributed by atoms with Crippen molar-refractivity contribution in [3.8, 4) is 0 Å². The normalized spacial score (nSPS) is 23.7. The number of carbonyl (C=O) groups is 3. The van der Waals surface area contributed by atoms with Crippen LogP contribution in [0.4, 0.5) is 0 Å². The number of para-hydroxylation sites is 1. The van der Waals surface area contributed by atoms with E-state index in [-0.39, 0.29) is 88.6 Å². The number of benzene rings is 1. The van der Waals surface area contributed by atoms with E-state index in [9.17, 15) is 34.2 Å². The average Bonchev–Trinajstić information content (AvgIpc) is 3.38. The maximum Gasteiger partial charge on any atom is 1.00 e. The van der Waals surface area contributed by atoms with E-state index in [1.54, 1.807) is 10.9 Å². The molecule has 0 unspecified atom stereocenters. The summed E-state index contributed by atoms with van der Waals surface area (Å²) in [6.07, 6.45) is 5.27. The summed E-state index contributed by atoms with van der Waals surface area (Å²) in [5.74, 6) is -2.22. The molecule has 15 heteroatoms. The Labute approximate surface area is 313 Å². The first-order valence-corrected chi connectivity index (χ1v) is 17.6. The molecule has 1 aromatic heterocycles. The van der Waals surface area contributed by atoms with Gasteiger partial charge < -0.3 is 30.4 Å². The van der Waals surface area contributed by atoms with Gasteiger partial charge in [0.15, 0.2) is 0 Å². The van der Waals surface area contributed by atoms with Gasteiger partial charge in [0.05, 0.1) is 11.6 Å². The zero-order chi connectivity index (χ0) is 32.7. The smallest absolute Gasteiger partial charge is 0.861 e. The first-order chi connectivity index (χ1) is 21.4. The molecule has 2 aliphatic rings. The summed E-state index contributed by atoms with van der Waals surface area (Å²) in [6.45, 7) is 4.17. The van der Waals surface area contributed by atoms with Gasteiger partial charge in [-0.15, -0.1) is 0 Å². The van der Waals surface area contributed by atoms with Gasteiger partial charge >= 0.3 is 51.4 Å². The molecule has 0 spiro atoms. The molecule has 4 rings (SSSR count). The number of carbonyl (C=O) groups excluding carboxylic acids is 3. The van der Waals surface area contributed by atoms with Crippen molar-refractivity contribution in [2.24, 2.45) is 10.9 Å². The molecule has 2 aliphatic heterocycles. The van der Waals surface area contributed by atoms with Gasteiger partial charge in [0.2, 0.25) is 25.7 Å². The largest absolute Gasteiger partial charge is 1.00 e. The Morgan fingerprint density at radius 3 is 2.54 bits per heavy atom. The van der Waals surface area contributed by atoms with Gasteiger partial charge in [0.1, 0.15) is 31.4 Å². The maximum absolute atomic E-state index is 14.0. The van der Waals surface area contributed by atoms with Crippen molar-refractivity contribution in [3.63, 3.8) is 0 Å². The fourth-order valence-electron chi connectivity index (χ4n) is 6.13. The van der Waals surface area contributed by atoms with Crippen LogP contribution in [0.2, 0.25) is 0 Å². The van der Waals surface area contributed by atoms with Crippen LogP contribution in [0.25, 0.3) is 10.9 Å². The van der Waals surface area contributed by atoms with E-state index >= 15 is 0 Å². The van der Waals surface area contributed by atoms with E-state index in [0.29, 0.717) is 32.2 Å². The number of nitrogens with zero attached hydrogens (tertiary/aromatic N) is 3. The van der Waals surface area contributed by atoms with Gasteiger partial charge in [-0.05, 0) is 62.0 Å². The summed E-state index contributed by atoms with van der Waals surface area (Å²) in [5.41, 5.74) is 1.50. The fraction of sp³-hybridized carbons (Fsp3) is 0.613. The Kier molecular flexibility index (Phi) is 14.9. The second-order valence-electron chi connectivity index (χ2n) is 12.1. The van der Waals surface area contributed by atoms with Crippen molar-refractivity contribution < 1.29 is 90.4 Å². The third kappa shape index (κ3) is 9.96. The van der Waals surface area contributed by atoms with Crippen molar-refractivity contribution in [1.29, 1.82) is 0 Å². The predicted molar refractivity (Wildman–Crippen MR) is 167 cm³/mol. The molecule has 3 heterocycles. The second kappa shape index (κ2) is 17.7. The fourth-order valence-corrected chi connectivity index (χ4v) is 6.76. The minimum atomic E-state index is -4.14. The summed E-state index contributed by atoms with van der Waals surface area (Å²) >= 11 is 0. The Morgan fingerprint density at radius 2 is 1.85 bits per heavy atom. The van der Waals surface area contributed by atoms with Crippen LogP contribution >= 0.6 is 7.94 Å². The Balaban J connectivity index is 0.00000576. The van der Waals surface area contributed by atoms with Crippen LogP contribution in [0.15, 0.2) is 35.5 Å². The molecule has 4 N–H and O–H groups in total. The quantitative estimate of drug-likeness (QED) is 0.113. The Hall–Kier alpha value is -1.61. The monoisotopic (exact) mass is 685 g/mol. The number of rotatable bonds is 11. The first-order valence-electron chi connectivity index (χ1n) is 15.8.